The Morgan fingerprint density at radius 1 is 1.25 bits per heavy atom. The molecule has 0 radical (unpaired) electrons. The lowest BCUT2D eigenvalue weighted by atomic mass is 10.1. The Kier molecular flexibility index (Phi) is 10.3. The largest absolute Gasteiger partial charge is 0.373 e. The minimum absolute atomic E-state index is 0. The zero-order valence-electron chi connectivity index (χ0n) is 18.0. The molecule has 2 N–H and O–H groups in total. The van der Waals surface area contributed by atoms with E-state index in [1.165, 1.54) is 16.9 Å². The fourth-order valence-corrected chi connectivity index (χ4v) is 3.15. The summed E-state index contributed by atoms with van der Waals surface area (Å²) in [5.41, 5.74) is 4.86. The van der Waals surface area contributed by atoms with Crippen LogP contribution >= 0.6 is 24.0 Å². The van der Waals surface area contributed by atoms with Crippen molar-refractivity contribution < 1.29 is 0 Å². The molecule has 1 unspecified atom stereocenters. The molecule has 2 rings (SSSR count). The Hall–Kier alpha value is -1.77. The maximum Gasteiger partial charge on any atom is 0.191 e. The number of para-hydroxylation sites is 1. The molecule has 0 bridgehead atoms. The predicted octanol–water partition coefficient (Wildman–Crippen LogP) is 3.28. The lowest BCUT2D eigenvalue weighted by Gasteiger charge is -2.20. The number of nitrogens with zero attached hydrogens (tertiary/aromatic N) is 4. The number of benzene rings is 1. The molecule has 156 valence electrons. The summed E-state index contributed by atoms with van der Waals surface area (Å²) in [5.74, 6) is 0.866. The first-order valence-corrected chi connectivity index (χ1v) is 9.72. The van der Waals surface area contributed by atoms with E-state index < -0.39 is 0 Å². The van der Waals surface area contributed by atoms with Crippen LogP contribution in [0.15, 0.2) is 35.3 Å². The van der Waals surface area contributed by atoms with Crippen molar-refractivity contribution in [2.24, 2.45) is 12.0 Å². The van der Waals surface area contributed by atoms with E-state index in [1.54, 1.807) is 0 Å². The summed E-state index contributed by atoms with van der Waals surface area (Å²) >= 11 is 0. The number of hydrogen-bond donors (Lipinski definition) is 2. The first kappa shape index (κ1) is 24.3. The van der Waals surface area contributed by atoms with Crippen LogP contribution in [0.25, 0.3) is 0 Å². The quantitative estimate of drug-likeness (QED) is 0.333. The summed E-state index contributed by atoms with van der Waals surface area (Å²) in [6.45, 7) is 10.9. The fourth-order valence-electron chi connectivity index (χ4n) is 3.15. The Morgan fingerprint density at radius 3 is 2.50 bits per heavy atom. The first-order chi connectivity index (χ1) is 12.9. The molecule has 7 heteroatoms. The van der Waals surface area contributed by atoms with E-state index in [4.69, 9.17) is 4.99 Å². The molecule has 2 aromatic rings. The van der Waals surface area contributed by atoms with Gasteiger partial charge in [0, 0.05) is 44.6 Å². The Morgan fingerprint density at radius 2 is 1.93 bits per heavy atom. The van der Waals surface area contributed by atoms with Gasteiger partial charge in [-0.3, -0.25) is 9.67 Å². The molecule has 0 amide bonds. The molecule has 0 aliphatic rings. The second-order valence-corrected chi connectivity index (χ2v) is 7.04. The lowest BCUT2D eigenvalue weighted by molar-refractivity contribution is 0.635. The van der Waals surface area contributed by atoms with Gasteiger partial charge in [0.05, 0.1) is 12.2 Å². The first-order valence-electron chi connectivity index (χ1n) is 9.72. The van der Waals surface area contributed by atoms with Gasteiger partial charge >= 0.3 is 0 Å². The SMILES string of the molecule is CCNC(=NCCN(C)c1ccccc1)NC(C)Cc1c(C)nn(C)c1C.I. The fraction of sp³-hybridized carbons (Fsp3) is 0.524. The number of nitrogens with one attached hydrogen (secondary N) is 2. The number of aryl methyl sites for hydroxylation is 2. The topological polar surface area (TPSA) is 57.5 Å². The van der Waals surface area contributed by atoms with Gasteiger partial charge in [-0.25, -0.2) is 0 Å². The summed E-state index contributed by atoms with van der Waals surface area (Å²) < 4.78 is 1.95. The average molecular weight is 498 g/mol. The number of guanidine groups is 1. The number of aromatic nitrogens is 2. The van der Waals surface area contributed by atoms with E-state index >= 15 is 0 Å². The third-order valence-electron chi connectivity index (χ3n) is 4.80. The molecule has 1 aromatic heterocycles. The van der Waals surface area contributed by atoms with Crippen LogP contribution in [0.1, 0.15) is 30.8 Å². The van der Waals surface area contributed by atoms with Crippen molar-refractivity contribution >= 4 is 35.6 Å². The molecule has 6 nitrogen and oxygen atoms in total. The summed E-state index contributed by atoms with van der Waals surface area (Å²) in [7, 11) is 4.10. The standard InChI is InChI=1S/C21H34N6.HI/c1-7-22-21(23-13-14-26(5)19-11-9-8-10-12-19)24-16(2)15-20-17(3)25-27(6)18(20)4;/h8-12,16H,7,13-15H2,1-6H3,(H2,22,23,24);1H. The van der Waals surface area contributed by atoms with Crippen molar-refractivity contribution in [3.8, 4) is 0 Å². The zero-order chi connectivity index (χ0) is 19.8. The molecular weight excluding hydrogens is 463 g/mol. The van der Waals surface area contributed by atoms with Gasteiger partial charge in [-0.15, -0.1) is 24.0 Å². The van der Waals surface area contributed by atoms with Crippen molar-refractivity contribution in [3.63, 3.8) is 0 Å². The van der Waals surface area contributed by atoms with Crippen LogP contribution in [-0.4, -0.2) is 48.5 Å². The zero-order valence-corrected chi connectivity index (χ0v) is 20.3. The second-order valence-electron chi connectivity index (χ2n) is 7.04. The summed E-state index contributed by atoms with van der Waals surface area (Å²) in [5, 5.41) is 11.4. The van der Waals surface area contributed by atoms with Crippen molar-refractivity contribution in [2.75, 3.05) is 31.6 Å². The van der Waals surface area contributed by atoms with E-state index in [-0.39, 0.29) is 30.0 Å². The molecular formula is C21H35IN6. The third kappa shape index (κ3) is 7.00. The average Bonchev–Trinajstić information content (AvgIpc) is 2.88. The van der Waals surface area contributed by atoms with Gasteiger partial charge in [0.15, 0.2) is 5.96 Å². The molecule has 28 heavy (non-hydrogen) atoms. The van der Waals surface area contributed by atoms with Crippen LogP contribution in [0.2, 0.25) is 0 Å². The number of halogens is 1. The number of aliphatic imine (C=N–C) groups is 1. The van der Waals surface area contributed by atoms with Crippen LogP contribution in [0.3, 0.4) is 0 Å². The van der Waals surface area contributed by atoms with Gasteiger partial charge < -0.3 is 15.5 Å². The highest BCUT2D eigenvalue weighted by atomic mass is 127. The van der Waals surface area contributed by atoms with Crippen molar-refractivity contribution in [1.82, 2.24) is 20.4 Å². The van der Waals surface area contributed by atoms with Gasteiger partial charge in [-0.05, 0) is 51.8 Å². The minimum atomic E-state index is 0. The van der Waals surface area contributed by atoms with E-state index in [0.29, 0.717) is 0 Å². The number of anilines is 1. The minimum Gasteiger partial charge on any atom is -0.373 e. The highest BCUT2D eigenvalue weighted by molar-refractivity contribution is 14.0. The molecule has 0 fully saturated rings. The lowest BCUT2D eigenvalue weighted by Crippen LogP contribution is -2.43. The van der Waals surface area contributed by atoms with Crippen molar-refractivity contribution in [2.45, 2.75) is 40.2 Å². The smallest absolute Gasteiger partial charge is 0.191 e. The van der Waals surface area contributed by atoms with Gasteiger partial charge in [-0.1, -0.05) is 18.2 Å². The monoisotopic (exact) mass is 498 g/mol. The van der Waals surface area contributed by atoms with Crippen LogP contribution in [0, 0.1) is 13.8 Å². The van der Waals surface area contributed by atoms with E-state index in [0.717, 1.165) is 37.7 Å². The van der Waals surface area contributed by atoms with Gasteiger partial charge in [0.1, 0.15) is 0 Å². The van der Waals surface area contributed by atoms with Gasteiger partial charge in [-0.2, -0.15) is 5.10 Å². The number of likely N-dealkylation sites (N-methyl/N-ethyl adjacent to an activating group) is 1. The van der Waals surface area contributed by atoms with Crippen LogP contribution < -0.4 is 15.5 Å². The molecule has 0 aliphatic carbocycles. The highest BCUT2D eigenvalue weighted by Gasteiger charge is 2.14. The Bertz CT molecular complexity index is 741. The van der Waals surface area contributed by atoms with Crippen LogP contribution in [-0.2, 0) is 13.5 Å². The van der Waals surface area contributed by atoms with E-state index in [9.17, 15) is 0 Å². The maximum absolute atomic E-state index is 4.74. The van der Waals surface area contributed by atoms with E-state index in [1.807, 2.05) is 17.8 Å². The molecule has 1 aromatic carbocycles. The molecule has 0 saturated heterocycles. The van der Waals surface area contributed by atoms with Crippen molar-refractivity contribution in [3.05, 3.63) is 47.3 Å². The summed E-state index contributed by atoms with van der Waals surface area (Å²) in [6.07, 6.45) is 0.930. The number of hydrogen-bond acceptors (Lipinski definition) is 3. The molecule has 1 atom stereocenters. The number of rotatable bonds is 8. The maximum atomic E-state index is 4.74. The highest BCUT2D eigenvalue weighted by Crippen LogP contribution is 2.14. The molecule has 0 spiro atoms. The Balaban J connectivity index is 0.00000392. The third-order valence-corrected chi connectivity index (χ3v) is 4.80. The van der Waals surface area contributed by atoms with Crippen LogP contribution in [0.4, 0.5) is 5.69 Å². The summed E-state index contributed by atoms with van der Waals surface area (Å²) in [4.78, 5) is 6.96. The van der Waals surface area contributed by atoms with Crippen LogP contribution in [0.5, 0.6) is 0 Å². The summed E-state index contributed by atoms with van der Waals surface area (Å²) in [6, 6.07) is 10.7. The molecule has 1 heterocycles. The molecule has 0 saturated carbocycles. The van der Waals surface area contributed by atoms with Gasteiger partial charge in [0.25, 0.3) is 0 Å². The molecule has 0 aliphatic heterocycles. The second kappa shape index (κ2) is 11.9. The van der Waals surface area contributed by atoms with E-state index in [2.05, 4.69) is 79.6 Å². The van der Waals surface area contributed by atoms with Gasteiger partial charge in [0.2, 0.25) is 0 Å². The predicted molar refractivity (Wildman–Crippen MR) is 130 cm³/mol. The Labute approximate surface area is 186 Å². The van der Waals surface area contributed by atoms with Crippen molar-refractivity contribution in [1.29, 1.82) is 0 Å². The normalized spacial score (nSPS) is 12.3.